The molecule has 1 aromatic heterocycles. The van der Waals surface area contributed by atoms with Crippen molar-refractivity contribution in [3.8, 4) is 44.7 Å². The standard InChI is InChI=1S/C57H39NO/c1-5-17-40(18-6-1)42-31-35-47(36-32-42)58(48-37-33-43(34-38-48)41-19-7-2-8-20-41)49-26-15-21-44(39-49)50-28-16-29-52-54(50)57(45-22-9-3-10-23-45,46-24-11-4-12-25-46)55-51-27-13-14-30-53(51)59-56(52)55/h1-39H. The van der Waals surface area contributed by atoms with Gasteiger partial charge in [-0.15, -0.1) is 0 Å². The van der Waals surface area contributed by atoms with Crippen molar-refractivity contribution in [2.24, 2.45) is 0 Å². The van der Waals surface area contributed by atoms with Crippen LogP contribution in [0.3, 0.4) is 0 Å². The molecule has 1 aliphatic rings. The summed E-state index contributed by atoms with van der Waals surface area (Å²) in [5.41, 5.74) is 16.6. The minimum absolute atomic E-state index is 0.632. The van der Waals surface area contributed by atoms with E-state index in [1.54, 1.807) is 0 Å². The summed E-state index contributed by atoms with van der Waals surface area (Å²) in [4.78, 5) is 2.37. The lowest BCUT2D eigenvalue weighted by Crippen LogP contribution is -2.29. The van der Waals surface area contributed by atoms with Gasteiger partial charge in [0.25, 0.3) is 0 Å². The average molecular weight is 754 g/mol. The molecule has 2 heteroatoms. The maximum absolute atomic E-state index is 6.88. The van der Waals surface area contributed by atoms with Crippen LogP contribution in [-0.4, -0.2) is 0 Å². The Morgan fingerprint density at radius 1 is 0.322 bits per heavy atom. The number of para-hydroxylation sites is 1. The van der Waals surface area contributed by atoms with Gasteiger partial charge in [-0.2, -0.15) is 0 Å². The molecule has 11 rings (SSSR count). The van der Waals surface area contributed by atoms with Gasteiger partial charge in [-0.3, -0.25) is 0 Å². The molecule has 0 unspecified atom stereocenters. The number of fused-ring (bicyclic) bond motifs is 5. The van der Waals surface area contributed by atoms with Gasteiger partial charge in [-0.05, 0) is 92.5 Å². The van der Waals surface area contributed by atoms with Gasteiger partial charge in [0.2, 0.25) is 0 Å². The molecule has 0 atom stereocenters. The van der Waals surface area contributed by atoms with E-state index in [-0.39, 0.29) is 0 Å². The third-order valence-corrected chi connectivity index (χ3v) is 11.9. The predicted octanol–water partition coefficient (Wildman–Crippen LogP) is 15.3. The smallest absolute Gasteiger partial charge is 0.140 e. The van der Waals surface area contributed by atoms with Crippen LogP contribution in [0.4, 0.5) is 17.1 Å². The first-order valence-corrected chi connectivity index (χ1v) is 20.3. The van der Waals surface area contributed by atoms with Gasteiger partial charge in [0.1, 0.15) is 11.3 Å². The minimum Gasteiger partial charge on any atom is -0.456 e. The van der Waals surface area contributed by atoms with Gasteiger partial charge in [0.15, 0.2) is 0 Å². The fourth-order valence-electron chi connectivity index (χ4n) is 9.37. The molecule has 10 aromatic rings. The molecular formula is C57H39NO. The highest BCUT2D eigenvalue weighted by molar-refractivity contribution is 6.00. The Kier molecular flexibility index (Phi) is 8.41. The molecule has 59 heavy (non-hydrogen) atoms. The van der Waals surface area contributed by atoms with Crippen LogP contribution < -0.4 is 4.90 Å². The molecule has 0 aliphatic heterocycles. The van der Waals surface area contributed by atoms with E-state index in [9.17, 15) is 0 Å². The number of nitrogens with zero attached hydrogens (tertiary/aromatic N) is 1. The zero-order chi connectivity index (χ0) is 39.2. The van der Waals surface area contributed by atoms with Crippen LogP contribution in [0.2, 0.25) is 0 Å². The first kappa shape index (κ1) is 34.6. The van der Waals surface area contributed by atoms with Crippen LogP contribution in [0.5, 0.6) is 0 Å². The molecule has 0 fully saturated rings. The molecule has 278 valence electrons. The highest BCUT2D eigenvalue weighted by atomic mass is 16.3. The van der Waals surface area contributed by atoms with Crippen LogP contribution in [0, 0.1) is 0 Å². The van der Waals surface area contributed by atoms with Crippen molar-refractivity contribution in [2.45, 2.75) is 5.41 Å². The van der Waals surface area contributed by atoms with Crippen LogP contribution in [0.1, 0.15) is 22.3 Å². The van der Waals surface area contributed by atoms with Crippen molar-refractivity contribution >= 4 is 28.0 Å². The van der Waals surface area contributed by atoms with Gasteiger partial charge in [-0.25, -0.2) is 0 Å². The fourth-order valence-corrected chi connectivity index (χ4v) is 9.37. The SMILES string of the molecule is c1ccc(-c2ccc(N(c3ccc(-c4ccccc4)cc3)c3cccc(-c4cccc5c4C(c4ccccc4)(c4ccccc4)c4c-5oc5ccccc45)c3)cc2)cc1. The second-order valence-corrected chi connectivity index (χ2v) is 15.2. The highest BCUT2D eigenvalue weighted by Gasteiger charge is 2.51. The number of benzene rings is 9. The lowest BCUT2D eigenvalue weighted by atomic mass is 9.65. The molecule has 0 bridgehead atoms. The molecule has 0 N–H and O–H groups in total. The molecule has 0 amide bonds. The Labute approximate surface area is 344 Å². The lowest BCUT2D eigenvalue weighted by Gasteiger charge is -2.35. The Morgan fingerprint density at radius 2 is 0.780 bits per heavy atom. The third kappa shape index (κ3) is 5.72. The van der Waals surface area contributed by atoms with Crippen LogP contribution in [-0.2, 0) is 5.41 Å². The second kappa shape index (κ2) is 14.4. The van der Waals surface area contributed by atoms with E-state index >= 15 is 0 Å². The Hall–Kier alpha value is -7.68. The molecule has 0 saturated carbocycles. The van der Waals surface area contributed by atoms with Gasteiger partial charge in [-0.1, -0.05) is 194 Å². The summed E-state index contributed by atoms with van der Waals surface area (Å²) in [6.07, 6.45) is 0. The quantitative estimate of drug-likeness (QED) is 0.154. The third-order valence-electron chi connectivity index (χ3n) is 11.9. The summed E-state index contributed by atoms with van der Waals surface area (Å²) >= 11 is 0. The summed E-state index contributed by atoms with van der Waals surface area (Å²) in [5, 5.41) is 1.13. The van der Waals surface area contributed by atoms with Crippen molar-refractivity contribution in [1.82, 2.24) is 0 Å². The minimum atomic E-state index is -0.632. The number of anilines is 3. The molecule has 2 nitrogen and oxygen atoms in total. The molecule has 9 aromatic carbocycles. The molecule has 0 spiro atoms. The van der Waals surface area contributed by atoms with E-state index in [0.29, 0.717) is 0 Å². The van der Waals surface area contributed by atoms with Gasteiger partial charge in [0.05, 0.1) is 5.41 Å². The number of furan rings is 1. The summed E-state index contributed by atoms with van der Waals surface area (Å²) < 4.78 is 6.88. The molecule has 0 saturated heterocycles. The zero-order valence-electron chi connectivity index (χ0n) is 32.4. The van der Waals surface area contributed by atoms with Crippen LogP contribution in [0.15, 0.2) is 241 Å². The fraction of sp³-hybridized carbons (Fsp3) is 0.0175. The van der Waals surface area contributed by atoms with Crippen molar-refractivity contribution in [2.75, 3.05) is 4.90 Å². The van der Waals surface area contributed by atoms with Crippen molar-refractivity contribution in [1.29, 1.82) is 0 Å². The van der Waals surface area contributed by atoms with Gasteiger partial charge in [0, 0.05) is 33.6 Å². The Bertz CT molecular complexity index is 2940. The van der Waals surface area contributed by atoms with E-state index in [0.717, 1.165) is 44.9 Å². The predicted molar refractivity (Wildman–Crippen MR) is 245 cm³/mol. The topological polar surface area (TPSA) is 16.4 Å². The van der Waals surface area contributed by atoms with Crippen molar-refractivity contribution in [3.05, 3.63) is 259 Å². The first-order valence-electron chi connectivity index (χ1n) is 20.3. The first-order chi connectivity index (χ1) is 29.3. The van der Waals surface area contributed by atoms with Crippen LogP contribution in [0.25, 0.3) is 55.7 Å². The monoisotopic (exact) mass is 753 g/mol. The number of rotatable bonds is 8. The summed E-state index contributed by atoms with van der Waals surface area (Å²) in [6.45, 7) is 0. The number of hydrogen-bond donors (Lipinski definition) is 0. The normalized spacial score (nSPS) is 12.5. The van der Waals surface area contributed by atoms with E-state index < -0.39 is 5.41 Å². The van der Waals surface area contributed by atoms with Crippen molar-refractivity contribution < 1.29 is 4.42 Å². The lowest BCUT2D eigenvalue weighted by molar-refractivity contribution is 0.628. The average Bonchev–Trinajstić information content (AvgIpc) is 3.85. The number of hydrogen-bond acceptors (Lipinski definition) is 2. The van der Waals surface area contributed by atoms with E-state index in [4.69, 9.17) is 4.42 Å². The summed E-state index contributed by atoms with van der Waals surface area (Å²) in [6, 6.07) is 85.2. The van der Waals surface area contributed by atoms with E-state index in [1.165, 1.54) is 50.1 Å². The van der Waals surface area contributed by atoms with E-state index in [2.05, 4.69) is 241 Å². The van der Waals surface area contributed by atoms with Crippen LogP contribution >= 0.6 is 0 Å². The van der Waals surface area contributed by atoms with E-state index in [1.807, 2.05) is 0 Å². The van der Waals surface area contributed by atoms with Gasteiger partial charge < -0.3 is 9.32 Å². The Morgan fingerprint density at radius 3 is 1.36 bits per heavy atom. The largest absolute Gasteiger partial charge is 0.456 e. The molecule has 1 aliphatic carbocycles. The maximum Gasteiger partial charge on any atom is 0.140 e. The van der Waals surface area contributed by atoms with Gasteiger partial charge >= 0.3 is 0 Å². The highest BCUT2D eigenvalue weighted by Crippen LogP contribution is 2.61. The molecule has 0 radical (unpaired) electrons. The zero-order valence-corrected chi connectivity index (χ0v) is 32.4. The molecular weight excluding hydrogens is 715 g/mol. The summed E-state index contributed by atoms with van der Waals surface area (Å²) in [5.74, 6) is 0.936. The molecule has 1 heterocycles. The maximum atomic E-state index is 6.88. The Balaban J connectivity index is 1.12. The van der Waals surface area contributed by atoms with Crippen molar-refractivity contribution in [3.63, 3.8) is 0 Å². The summed E-state index contributed by atoms with van der Waals surface area (Å²) in [7, 11) is 0. The second-order valence-electron chi connectivity index (χ2n) is 15.2.